The van der Waals surface area contributed by atoms with E-state index in [1.54, 1.807) is 31.4 Å². The molecule has 0 bridgehead atoms. The number of carbonyl (C=O) groups is 1. The number of rotatable bonds is 7. The molecule has 5 heterocycles. The number of halogens is 1. The Morgan fingerprint density at radius 2 is 1.87 bits per heavy atom. The molecule has 1 aliphatic heterocycles. The molecule has 1 aliphatic rings. The summed E-state index contributed by atoms with van der Waals surface area (Å²) in [5.74, 6) is 0.193. The Morgan fingerprint density at radius 1 is 1.07 bits per heavy atom. The van der Waals surface area contributed by atoms with Crippen LogP contribution in [0.25, 0.3) is 56.0 Å². The highest BCUT2D eigenvalue weighted by molar-refractivity contribution is 7.92. The minimum Gasteiger partial charge on any atom is -0.481 e. The lowest BCUT2D eigenvalue weighted by molar-refractivity contribution is 0.0964. The van der Waals surface area contributed by atoms with Crippen molar-refractivity contribution in [1.82, 2.24) is 19.9 Å². The van der Waals surface area contributed by atoms with E-state index in [2.05, 4.69) is 15.0 Å². The number of furan rings is 1. The van der Waals surface area contributed by atoms with Gasteiger partial charge in [0.15, 0.2) is 6.73 Å². The van der Waals surface area contributed by atoms with E-state index in [4.69, 9.17) is 18.9 Å². The zero-order valence-corrected chi connectivity index (χ0v) is 25.2. The van der Waals surface area contributed by atoms with Crippen LogP contribution in [0.3, 0.4) is 0 Å². The van der Waals surface area contributed by atoms with E-state index in [0.717, 1.165) is 11.2 Å². The van der Waals surface area contributed by atoms with E-state index >= 15 is 0 Å². The summed E-state index contributed by atoms with van der Waals surface area (Å²) in [7, 11) is -0.686. The van der Waals surface area contributed by atoms with E-state index in [1.807, 2.05) is 16.7 Å². The highest BCUT2D eigenvalue weighted by Crippen LogP contribution is 2.42. The second kappa shape index (κ2) is 10.6. The van der Waals surface area contributed by atoms with Gasteiger partial charge in [-0.1, -0.05) is 0 Å². The molecule has 0 unspecified atom stereocenters. The molecule has 4 aromatic heterocycles. The first-order valence-corrected chi connectivity index (χ1v) is 15.6. The first-order chi connectivity index (χ1) is 21.7. The highest BCUT2D eigenvalue weighted by atomic mass is 32.2. The summed E-state index contributed by atoms with van der Waals surface area (Å²) in [4.78, 5) is 22.7. The fraction of sp³-hybridized carbons (Fsp3) is 0.156. The van der Waals surface area contributed by atoms with Crippen LogP contribution >= 0.6 is 0 Å². The quantitative estimate of drug-likeness (QED) is 0.227. The van der Waals surface area contributed by atoms with Crippen LogP contribution in [0.4, 0.5) is 10.1 Å². The maximum Gasteiger partial charge on any atom is 0.255 e. The Morgan fingerprint density at radius 3 is 2.60 bits per heavy atom. The van der Waals surface area contributed by atoms with Crippen molar-refractivity contribution in [3.05, 3.63) is 78.1 Å². The number of hydrogen-bond acceptors (Lipinski definition) is 8. The summed E-state index contributed by atoms with van der Waals surface area (Å²) in [6, 6.07) is 17.8. The Bertz CT molecular complexity index is 2260. The summed E-state index contributed by atoms with van der Waals surface area (Å²) in [6.07, 6.45) is 0. The van der Waals surface area contributed by atoms with Crippen molar-refractivity contribution in [1.29, 1.82) is 0 Å². The molecule has 45 heavy (non-hydrogen) atoms. The smallest absolute Gasteiger partial charge is 0.255 e. The third-order valence-electron chi connectivity index (χ3n) is 7.70. The molecule has 1 amide bonds. The number of benzene rings is 2. The summed E-state index contributed by atoms with van der Waals surface area (Å²) in [5.41, 5.74) is 4.82. The molecule has 11 nitrogen and oxygen atoms in total. The van der Waals surface area contributed by atoms with Gasteiger partial charge in [-0.25, -0.2) is 22.8 Å². The molecule has 0 fully saturated rings. The molecule has 0 saturated carbocycles. The number of hydrogen-bond donors (Lipinski definition) is 2. The van der Waals surface area contributed by atoms with Crippen LogP contribution in [-0.4, -0.2) is 48.8 Å². The lowest BCUT2D eigenvalue weighted by Gasteiger charge is -2.21. The molecule has 0 spiro atoms. The molecule has 7 rings (SSSR count). The van der Waals surface area contributed by atoms with E-state index in [0.29, 0.717) is 45.0 Å². The summed E-state index contributed by atoms with van der Waals surface area (Å²) < 4.78 is 61.4. The number of sulfonamides is 1. The Balaban J connectivity index is 1.46. The summed E-state index contributed by atoms with van der Waals surface area (Å²) in [5, 5.41) is 3.06. The number of nitrogens with one attached hydrogen (secondary N) is 2. The SMILES string of the molecule is CCS(=O)(=O)Nc1cc2oc(-c3ccc(F)cc3)c(C(=O)NC)c2cc1-c1ccc2c(n1)-c1cc3nc(OC)ccc3n1CO2. The maximum atomic E-state index is 13.7. The lowest BCUT2D eigenvalue weighted by atomic mass is 10.0. The molecule has 13 heteroatoms. The van der Waals surface area contributed by atoms with Crippen molar-refractivity contribution in [3.8, 4) is 45.6 Å². The van der Waals surface area contributed by atoms with Gasteiger partial charge in [0, 0.05) is 35.7 Å². The fourth-order valence-electron chi connectivity index (χ4n) is 5.43. The van der Waals surface area contributed by atoms with E-state index in [9.17, 15) is 17.6 Å². The maximum absolute atomic E-state index is 13.7. The average Bonchev–Trinajstić information content (AvgIpc) is 3.62. The monoisotopic (exact) mass is 627 g/mol. The van der Waals surface area contributed by atoms with Crippen LogP contribution in [0, 0.1) is 5.82 Å². The van der Waals surface area contributed by atoms with Gasteiger partial charge < -0.3 is 23.8 Å². The predicted molar refractivity (Wildman–Crippen MR) is 167 cm³/mol. The predicted octanol–water partition coefficient (Wildman–Crippen LogP) is 5.80. The molecule has 0 aliphatic carbocycles. The molecular weight excluding hydrogens is 601 g/mol. The van der Waals surface area contributed by atoms with Gasteiger partial charge in [-0.3, -0.25) is 9.52 Å². The zero-order valence-electron chi connectivity index (χ0n) is 24.3. The minimum atomic E-state index is -3.73. The number of amides is 1. The molecule has 2 N–H and O–H groups in total. The molecule has 2 aromatic carbocycles. The number of methoxy groups -OCH3 is 1. The van der Waals surface area contributed by atoms with Gasteiger partial charge in [0.1, 0.15) is 28.6 Å². The highest BCUT2D eigenvalue weighted by Gasteiger charge is 2.27. The van der Waals surface area contributed by atoms with Crippen molar-refractivity contribution in [2.75, 3.05) is 24.6 Å². The number of nitrogens with zero attached hydrogens (tertiary/aromatic N) is 3. The van der Waals surface area contributed by atoms with Crippen molar-refractivity contribution in [2.45, 2.75) is 13.7 Å². The number of ether oxygens (including phenoxy) is 2. The second-order valence-electron chi connectivity index (χ2n) is 10.3. The third-order valence-corrected chi connectivity index (χ3v) is 8.99. The van der Waals surface area contributed by atoms with Crippen LogP contribution in [0.5, 0.6) is 11.6 Å². The van der Waals surface area contributed by atoms with Gasteiger partial charge >= 0.3 is 0 Å². The molecular formula is C32H26FN5O6S. The molecule has 0 radical (unpaired) electrons. The number of carbonyl (C=O) groups excluding carboxylic acids is 1. The van der Waals surface area contributed by atoms with E-state index in [-0.39, 0.29) is 35.1 Å². The largest absolute Gasteiger partial charge is 0.481 e. The van der Waals surface area contributed by atoms with Crippen molar-refractivity contribution in [2.24, 2.45) is 0 Å². The lowest BCUT2D eigenvalue weighted by Crippen LogP contribution is -2.18. The second-order valence-corrected chi connectivity index (χ2v) is 12.3. The van der Waals surface area contributed by atoms with Crippen LogP contribution < -0.4 is 19.5 Å². The van der Waals surface area contributed by atoms with E-state index < -0.39 is 21.7 Å². The molecule has 6 aromatic rings. The Labute approximate surface area is 256 Å². The third kappa shape index (κ3) is 4.81. The molecule has 0 saturated heterocycles. The minimum absolute atomic E-state index is 0.172. The molecule has 228 valence electrons. The summed E-state index contributed by atoms with van der Waals surface area (Å²) in [6.45, 7) is 1.78. The number of pyridine rings is 2. The molecule has 0 atom stereocenters. The zero-order chi connectivity index (χ0) is 31.5. The first-order valence-electron chi connectivity index (χ1n) is 14.0. The number of aromatic nitrogens is 3. The van der Waals surface area contributed by atoms with Gasteiger partial charge in [0.25, 0.3) is 5.91 Å². The topological polar surface area (TPSA) is 138 Å². The van der Waals surface area contributed by atoms with Crippen LogP contribution in [-0.2, 0) is 16.8 Å². The van der Waals surface area contributed by atoms with Gasteiger partial charge in [-0.05, 0) is 61.5 Å². The Hall–Kier alpha value is -5.43. The van der Waals surface area contributed by atoms with Gasteiger partial charge in [-0.2, -0.15) is 0 Å². The van der Waals surface area contributed by atoms with Gasteiger partial charge in [0.05, 0.1) is 46.5 Å². The number of fused-ring (bicyclic) bond motifs is 6. The standard InChI is InChI=1S/C32H26FN5O6S/c1-4-45(40,41)37-22-15-27-20(29(32(39)34-2)31(44-27)17-5-7-18(33)8-6-17)13-19(22)21-9-11-26-30(36-21)25-14-23-24(38(25)16-43-26)10-12-28(35-23)42-3/h5-15,37H,4,16H2,1-3H3,(H,34,39). The van der Waals surface area contributed by atoms with Gasteiger partial charge in [0.2, 0.25) is 15.9 Å². The van der Waals surface area contributed by atoms with Gasteiger partial charge in [-0.15, -0.1) is 0 Å². The fourth-order valence-corrected chi connectivity index (χ4v) is 6.08. The van der Waals surface area contributed by atoms with Crippen molar-refractivity contribution in [3.63, 3.8) is 0 Å². The normalized spacial score (nSPS) is 12.4. The Kier molecular flexibility index (Phi) is 6.70. The van der Waals surface area contributed by atoms with E-state index in [1.165, 1.54) is 44.3 Å². The van der Waals surface area contributed by atoms with Crippen LogP contribution in [0.1, 0.15) is 17.3 Å². The summed E-state index contributed by atoms with van der Waals surface area (Å²) >= 11 is 0. The number of anilines is 1. The van der Waals surface area contributed by atoms with Crippen LogP contribution in [0.2, 0.25) is 0 Å². The van der Waals surface area contributed by atoms with Crippen LogP contribution in [0.15, 0.2) is 71.1 Å². The van der Waals surface area contributed by atoms with Crippen molar-refractivity contribution >= 4 is 43.6 Å². The average molecular weight is 628 g/mol. The first kappa shape index (κ1) is 28.3. The van der Waals surface area contributed by atoms with Crippen molar-refractivity contribution < 1.29 is 31.5 Å².